The second kappa shape index (κ2) is 6.11. The molecule has 128 valence electrons. The molecule has 5 nitrogen and oxygen atoms in total. The Balaban J connectivity index is 1.80. The van der Waals surface area contributed by atoms with Crippen molar-refractivity contribution in [2.75, 3.05) is 0 Å². The average molecular weight is 344 g/mol. The Bertz CT molecular complexity index is 1120. The maximum Gasteiger partial charge on any atom is 0.363 e. The molecule has 0 amide bonds. The number of ether oxygens (including phenoxy) is 1. The number of cyclic esters (lactones) is 1. The molecule has 3 aromatic rings. The van der Waals surface area contributed by atoms with Crippen LogP contribution in [-0.2, 0) is 9.53 Å². The summed E-state index contributed by atoms with van der Waals surface area (Å²) in [6.07, 6.45) is 3.38. The summed E-state index contributed by atoms with van der Waals surface area (Å²) in [6.45, 7) is 3.47. The summed E-state index contributed by atoms with van der Waals surface area (Å²) in [5.41, 5.74) is 3.57. The van der Waals surface area contributed by atoms with Gasteiger partial charge in [0, 0.05) is 29.6 Å². The molecule has 0 radical (unpaired) electrons. The van der Waals surface area contributed by atoms with Crippen molar-refractivity contribution in [3.8, 4) is 0 Å². The van der Waals surface area contributed by atoms with E-state index >= 15 is 0 Å². The third-order valence-electron chi connectivity index (χ3n) is 4.26. The fourth-order valence-corrected chi connectivity index (χ4v) is 3.04. The standard InChI is InChI=1S/C21H16N2O3/c1-13-6-5-7-15(10-13)20-22-18(21(25)26-20)11-16-12-23(14(2)24)19-9-4-3-8-17(16)19/h3-12H,1-2H3. The van der Waals surface area contributed by atoms with Crippen molar-refractivity contribution in [2.45, 2.75) is 13.8 Å². The maximum atomic E-state index is 12.2. The van der Waals surface area contributed by atoms with Crippen molar-refractivity contribution in [2.24, 2.45) is 4.99 Å². The molecule has 0 saturated heterocycles. The van der Waals surface area contributed by atoms with E-state index < -0.39 is 5.97 Å². The molecular formula is C21H16N2O3. The van der Waals surface area contributed by atoms with Gasteiger partial charge in [-0.2, -0.15) is 0 Å². The summed E-state index contributed by atoms with van der Waals surface area (Å²) >= 11 is 0. The molecule has 1 aliphatic rings. The van der Waals surface area contributed by atoms with Crippen LogP contribution in [0.15, 0.2) is 65.4 Å². The lowest BCUT2D eigenvalue weighted by Crippen LogP contribution is -2.05. The molecule has 1 aliphatic heterocycles. The summed E-state index contributed by atoms with van der Waals surface area (Å²) in [7, 11) is 0. The molecule has 0 bridgehead atoms. The van der Waals surface area contributed by atoms with E-state index in [1.54, 1.807) is 16.8 Å². The van der Waals surface area contributed by atoms with Crippen LogP contribution < -0.4 is 0 Å². The maximum absolute atomic E-state index is 12.2. The van der Waals surface area contributed by atoms with Gasteiger partial charge in [-0.25, -0.2) is 9.79 Å². The normalized spacial score (nSPS) is 15.4. The number of aryl methyl sites for hydroxylation is 1. The predicted molar refractivity (Wildman–Crippen MR) is 100 cm³/mol. The van der Waals surface area contributed by atoms with Crippen LogP contribution in [0.4, 0.5) is 0 Å². The van der Waals surface area contributed by atoms with Crippen molar-refractivity contribution >= 4 is 34.8 Å². The van der Waals surface area contributed by atoms with Crippen LogP contribution in [0.5, 0.6) is 0 Å². The lowest BCUT2D eigenvalue weighted by Gasteiger charge is -1.99. The fraction of sp³-hybridized carbons (Fsp3) is 0.0952. The zero-order valence-electron chi connectivity index (χ0n) is 14.4. The zero-order valence-corrected chi connectivity index (χ0v) is 14.4. The van der Waals surface area contributed by atoms with E-state index in [1.807, 2.05) is 55.5 Å². The number of hydrogen-bond donors (Lipinski definition) is 0. The number of nitrogens with zero attached hydrogens (tertiary/aromatic N) is 2. The van der Waals surface area contributed by atoms with Gasteiger partial charge in [-0.15, -0.1) is 0 Å². The average Bonchev–Trinajstić information content (AvgIpc) is 3.17. The lowest BCUT2D eigenvalue weighted by atomic mass is 10.1. The first-order valence-electron chi connectivity index (χ1n) is 8.23. The second-order valence-electron chi connectivity index (χ2n) is 6.20. The van der Waals surface area contributed by atoms with Crippen molar-refractivity contribution < 1.29 is 14.3 Å². The smallest absolute Gasteiger partial charge is 0.363 e. The molecule has 0 unspecified atom stereocenters. The quantitative estimate of drug-likeness (QED) is 0.522. The molecule has 5 heteroatoms. The van der Waals surface area contributed by atoms with Gasteiger partial charge in [0.25, 0.3) is 0 Å². The third-order valence-corrected chi connectivity index (χ3v) is 4.26. The summed E-state index contributed by atoms with van der Waals surface area (Å²) < 4.78 is 6.89. The van der Waals surface area contributed by atoms with E-state index in [0.717, 1.165) is 27.6 Å². The van der Waals surface area contributed by atoms with Gasteiger partial charge >= 0.3 is 5.97 Å². The molecule has 0 saturated carbocycles. The molecule has 0 fully saturated rings. The van der Waals surface area contributed by atoms with Crippen LogP contribution in [0.25, 0.3) is 17.0 Å². The highest BCUT2D eigenvalue weighted by Gasteiger charge is 2.24. The molecule has 0 N–H and O–H groups in total. The lowest BCUT2D eigenvalue weighted by molar-refractivity contribution is -0.129. The number of benzene rings is 2. The second-order valence-corrected chi connectivity index (χ2v) is 6.20. The Kier molecular flexibility index (Phi) is 3.77. The Morgan fingerprint density at radius 3 is 2.73 bits per heavy atom. The Hall–Kier alpha value is -3.47. The van der Waals surface area contributed by atoms with Gasteiger partial charge in [0.1, 0.15) is 0 Å². The number of fused-ring (bicyclic) bond motifs is 1. The number of hydrogen-bond acceptors (Lipinski definition) is 4. The van der Waals surface area contributed by atoms with Crippen molar-refractivity contribution in [3.63, 3.8) is 0 Å². The minimum absolute atomic E-state index is 0.0937. The van der Waals surface area contributed by atoms with Gasteiger partial charge < -0.3 is 4.74 Å². The van der Waals surface area contributed by atoms with E-state index in [9.17, 15) is 9.59 Å². The molecular weight excluding hydrogens is 328 g/mol. The number of esters is 1. The highest BCUT2D eigenvalue weighted by molar-refractivity contribution is 6.13. The molecule has 2 heterocycles. The van der Waals surface area contributed by atoms with E-state index in [1.165, 1.54) is 6.92 Å². The van der Waals surface area contributed by atoms with Gasteiger partial charge in [-0.05, 0) is 31.2 Å². The fourth-order valence-electron chi connectivity index (χ4n) is 3.04. The number of para-hydroxylation sites is 1. The number of carbonyl (C=O) groups excluding carboxylic acids is 2. The minimum atomic E-state index is -0.499. The highest BCUT2D eigenvalue weighted by Crippen LogP contribution is 2.26. The Labute approximate surface area is 150 Å². The van der Waals surface area contributed by atoms with Gasteiger partial charge in [-0.1, -0.05) is 35.9 Å². The van der Waals surface area contributed by atoms with Crippen molar-refractivity contribution in [1.29, 1.82) is 0 Å². The number of carbonyl (C=O) groups is 2. The SMILES string of the molecule is CC(=O)n1cc(C=C2N=C(c3cccc(C)c3)OC2=O)c2ccccc21. The zero-order chi connectivity index (χ0) is 18.3. The summed E-state index contributed by atoms with van der Waals surface area (Å²) in [6, 6.07) is 15.2. The van der Waals surface area contributed by atoms with Crippen LogP contribution in [0, 0.1) is 6.92 Å². The minimum Gasteiger partial charge on any atom is -0.402 e. The molecule has 1 aromatic heterocycles. The van der Waals surface area contributed by atoms with E-state index in [4.69, 9.17) is 4.74 Å². The first-order valence-corrected chi connectivity index (χ1v) is 8.23. The number of rotatable bonds is 2. The van der Waals surface area contributed by atoms with Crippen LogP contribution in [0.3, 0.4) is 0 Å². The van der Waals surface area contributed by atoms with Gasteiger partial charge in [0.2, 0.25) is 11.8 Å². The van der Waals surface area contributed by atoms with E-state index in [-0.39, 0.29) is 11.6 Å². The van der Waals surface area contributed by atoms with Gasteiger partial charge in [0.05, 0.1) is 5.52 Å². The Morgan fingerprint density at radius 1 is 1.15 bits per heavy atom. The largest absolute Gasteiger partial charge is 0.402 e. The molecule has 2 aromatic carbocycles. The molecule has 0 aliphatic carbocycles. The molecule has 4 rings (SSSR count). The van der Waals surface area contributed by atoms with E-state index in [2.05, 4.69) is 4.99 Å². The molecule has 26 heavy (non-hydrogen) atoms. The van der Waals surface area contributed by atoms with Crippen molar-refractivity contribution in [1.82, 2.24) is 4.57 Å². The first kappa shape index (κ1) is 16.0. The number of aromatic nitrogens is 1. The highest BCUT2D eigenvalue weighted by atomic mass is 16.6. The topological polar surface area (TPSA) is 60.7 Å². The van der Waals surface area contributed by atoms with Gasteiger partial charge in [-0.3, -0.25) is 9.36 Å². The van der Waals surface area contributed by atoms with Crippen LogP contribution in [0.2, 0.25) is 0 Å². The van der Waals surface area contributed by atoms with E-state index in [0.29, 0.717) is 5.90 Å². The number of aliphatic imine (C=N–C) groups is 1. The third kappa shape index (κ3) is 2.73. The van der Waals surface area contributed by atoms with Crippen LogP contribution >= 0.6 is 0 Å². The van der Waals surface area contributed by atoms with Crippen LogP contribution in [0.1, 0.15) is 28.4 Å². The Morgan fingerprint density at radius 2 is 1.96 bits per heavy atom. The summed E-state index contributed by atoms with van der Waals surface area (Å²) in [4.78, 5) is 28.5. The summed E-state index contributed by atoms with van der Waals surface area (Å²) in [5.74, 6) is -0.301. The van der Waals surface area contributed by atoms with Gasteiger partial charge in [0.15, 0.2) is 5.70 Å². The molecule has 0 atom stereocenters. The summed E-state index contributed by atoms with van der Waals surface area (Å²) in [5, 5.41) is 0.877. The van der Waals surface area contributed by atoms with Crippen LogP contribution in [-0.4, -0.2) is 22.3 Å². The first-order chi connectivity index (χ1) is 12.5. The monoisotopic (exact) mass is 344 g/mol. The van der Waals surface area contributed by atoms with Crippen molar-refractivity contribution in [3.05, 3.63) is 77.1 Å². The molecule has 0 spiro atoms. The predicted octanol–water partition coefficient (Wildman–Crippen LogP) is 3.95.